The van der Waals surface area contributed by atoms with Crippen molar-refractivity contribution in [3.05, 3.63) is 98.9 Å². The first-order valence-corrected chi connectivity index (χ1v) is 12.0. The van der Waals surface area contributed by atoms with E-state index in [0.29, 0.717) is 21.6 Å². The van der Waals surface area contributed by atoms with Gasteiger partial charge in [0.15, 0.2) is 5.11 Å². The summed E-state index contributed by atoms with van der Waals surface area (Å²) < 4.78 is 36.0. The number of thiocarbonyl (C=S) groups is 1. The smallest absolute Gasteiger partial charge is 0.280 e. The van der Waals surface area contributed by atoms with E-state index >= 15 is 0 Å². The first kappa shape index (κ1) is 24.5. The summed E-state index contributed by atoms with van der Waals surface area (Å²) in [5, 5.41) is 4.56. The molecule has 0 aliphatic carbocycles. The lowest BCUT2D eigenvalue weighted by Gasteiger charge is -2.17. The zero-order chi connectivity index (χ0) is 24.4. The summed E-state index contributed by atoms with van der Waals surface area (Å²) in [4.78, 5) is 12.4. The summed E-state index contributed by atoms with van der Waals surface area (Å²) in [6.07, 6.45) is 0. The molecule has 10 heteroatoms. The Bertz CT molecular complexity index is 1400. The lowest BCUT2D eigenvalue weighted by Crippen LogP contribution is -2.33. The van der Waals surface area contributed by atoms with E-state index in [1.54, 1.807) is 24.3 Å². The summed E-state index contributed by atoms with van der Waals surface area (Å²) in [6, 6.07) is 19.5. The molecule has 0 heterocycles. The average Bonchev–Trinajstić information content (AvgIpc) is 2.81. The zero-order valence-electron chi connectivity index (χ0n) is 17.0. The molecular formula is C24H13Br2ClF2N2O2S. The van der Waals surface area contributed by atoms with Crippen LogP contribution in [-0.2, 0) is 0 Å². The minimum atomic E-state index is -1.12. The molecule has 4 rings (SSSR count). The molecule has 0 saturated carbocycles. The summed E-state index contributed by atoms with van der Waals surface area (Å²) in [7, 11) is 0. The molecule has 0 spiro atoms. The number of fused-ring (bicyclic) bond motifs is 1. The molecule has 172 valence electrons. The molecular weight excluding hydrogens is 614 g/mol. The fraction of sp³-hybridized carbons (Fsp3) is 0. The third-order valence-corrected chi connectivity index (χ3v) is 6.77. The predicted molar refractivity (Wildman–Crippen MR) is 140 cm³/mol. The van der Waals surface area contributed by atoms with E-state index in [9.17, 15) is 13.6 Å². The van der Waals surface area contributed by atoms with Crippen LogP contribution in [0.25, 0.3) is 10.8 Å². The number of amides is 1. The van der Waals surface area contributed by atoms with Gasteiger partial charge in [-0.05, 0) is 93.5 Å². The van der Waals surface area contributed by atoms with Crippen molar-refractivity contribution >= 4 is 83.3 Å². The number of carbonyl (C=O) groups is 1. The number of anilines is 1. The number of nitrogens with zero attached hydrogens (tertiary/aromatic N) is 1. The molecule has 0 aliphatic rings. The second-order valence-corrected chi connectivity index (χ2v) is 9.42. The van der Waals surface area contributed by atoms with Crippen molar-refractivity contribution in [2.24, 2.45) is 0 Å². The molecule has 4 nitrogen and oxygen atoms in total. The number of halogens is 5. The Labute approximate surface area is 220 Å². The summed E-state index contributed by atoms with van der Waals surface area (Å²) >= 11 is 18.1. The molecule has 0 saturated heterocycles. The second-order valence-electron chi connectivity index (χ2n) is 6.98. The van der Waals surface area contributed by atoms with Crippen LogP contribution < -0.4 is 10.1 Å². The number of hydrogen-bond donors (Lipinski definition) is 1. The fourth-order valence-electron chi connectivity index (χ4n) is 3.12. The van der Waals surface area contributed by atoms with Gasteiger partial charge in [-0.3, -0.25) is 4.79 Å². The molecule has 0 fully saturated rings. The van der Waals surface area contributed by atoms with Crippen LogP contribution in [-0.4, -0.2) is 15.4 Å². The molecule has 0 aliphatic heterocycles. The third kappa shape index (κ3) is 5.22. The fourth-order valence-corrected chi connectivity index (χ4v) is 4.40. The van der Waals surface area contributed by atoms with Crippen molar-refractivity contribution in [2.75, 3.05) is 5.32 Å². The van der Waals surface area contributed by atoms with E-state index < -0.39 is 23.1 Å². The van der Waals surface area contributed by atoms with E-state index in [-0.39, 0.29) is 5.11 Å². The Balaban J connectivity index is 1.45. The first-order chi connectivity index (χ1) is 16.2. The van der Waals surface area contributed by atoms with Gasteiger partial charge >= 0.3 is 0 Å². The number of carbonyl (C=O) groups excluding carboxylic acids is 1. The molecule has 1 amide bonds. The minimum Gasteiger partial charge on any atom is -0.456 e. The maximum Gasteiger partial charge on any atom is 0.280 e. The normalized spacial score (nSPS) is 10.7. The lowest BCUT2D eigenvalue weighted by molar-refractivity contribution is 0.0907. The number of hydrogen-bond acceptors (Lipinski definition) is 3. The minimum absolute atomic E-state index is 0.244. The van der Waals surface area contributed by atoms with Gasteiger partial charge in [0.1, 0.15) is 28.7 Å². The summed E-state index contributed by atoms with van der Waals surface area (Å²) in [6.45, 7) is 0. The number of benzene rings is 4. The standard InChI is InChI=1S/C24H13Br2ClF2N2O2S/c25-14-5-10-17-13(12-14)4-11-20(22(17)26)33-16-8-6-15(7-9-16)30-24(34)31(27)23(32)21-18(28)2-1-3-19(21)29/h1-12H,(H,30,34). The van der Waals surface area contributed by atoms with Crippen LogP contribution >= 0.6 is 55.9 Å². The predicted octanol–water partition coefficient (Wildman–Crippen LogP) is 8.43. The van der Waals surface area contributed by atoms with Crippen LogP contribution in [0.2, 0.25) is 0 Å². The van der Waals surface area contributed by atoms with Gasteiger partial charge in [-0.25, -0.2) is 8.78 Å². The second kappa shape index (κ2) is 10.4. The van der Waals surface area contributed by atoms with E-state index in [0.717, 1.165) is 37.9 Å². The molecule has 0 atom stereocenters. The van der Waals surface area contributed by atoms with Crippen molar-refractivity contribution in [3.8, 4) is 11.5 Å². The van der Waals surface area contributed by atoms with Crippen LogP contribution in [0.15, 0.2) is 81.7 Å². The van der Waals surface area contributed by atoms with Gasteiger partial charge < -0.3 is 10.1 Å². The van der Waals surface area contributed by atoms with Crippen molar-refractivity contribution in [1.82, 2.24) is 4.42 Å². The number of rotatable bonds is 4. The SMILES string of the molecule is O=C(c1c(F)cccc1F)N(Cl)C(=S)Nc1ccc(Oc2ccc3cc(Br)ccc3c2Br)cc1. The van der Waals surface area contributed by atoms with Crippen molar-refractivity contribution in [1.29, 1.82) is 0 Å². The van der Waals surface area contributed by atoms with Gasteiger partial charge in [0, 0.05) is 21.9 Å². The Morgan fingerprint density at radius 2 is 1.65 bits per heavy atom. The molecule has 0 radical (unpaired) electrons. The van der Waals surface area contributed by atoms with Gasteiger partial charge in [-0.1, -0.05) is 34.1 Å². The molecule has 4 aromatic rings. The van der Waals surface area contributed by atoms with E-state index in [2.05, 4.69) is 37.2 Å². The average molecular weight is 627 g/mol. The van der Waals surface area contributed by atoms with Gasteiger partial charge in [-0.15, -0.1) is 0 Å². The highest BCUT2D eigenvalue weighted by molar-refractivity contribution is 9.11. The molecule has 0 bridgehead atoms. The summed E-state index contributed by atoms with van der Waals surface area (Å²) in [5.74, 6) is -2.00. The van der Waals surface area contributed by atoms with Crippen molar-refractivity contribution in [2.45, 2.75) is 0 Å². The van der Waals surface area contributed by atoms with Gasteiger partial charge in [0.25, 0.3) is 5.91 Å². The van der Waals surface area contributed by atoms with E-state index in [1.165, 1.54) is 0 Å². The summed E-state index contributed by atoms with van der Waals surface area (Å²) in [5.41, 5.74) is -0.300. The van der Waals surface area contributed by atoms with Crippen LogP contribution in [0.3, 0.4) is 0 Å². The lowest BCUT2D eigenvalue weighted by atomic mass is 10.1. The van der Waals surface area contributed by atoms with Crippen LogP contribution in [0.4, 0.5) is 14.5 Å². The Hall–Kier alpha value is -2.59. The highest BCUT2D eigenvalue weighted by Crippen LogP contribution is 2.37. The molecule has 0 unspecified atom stereocenters. The zero-order valence-corrected chi connectivity index (χ0v) is 21.7. The topological polar surface area (TPSA) is 41.6 Å². The highest BCUT2D eigenvalue weighted by Gasteiger charge is 2.25. The maximum absolute atomic E-state index is 13.9. The van der Waals surface area contributed by atoms with Crippen molar-refractivity contribution < 1.29 is 18.3 Å². The Kier molecular flexibility index (Phi) is 7.47. The van der Waals surface area contributed by atoms with Crippen molar-refractivity contribution in [3.63, 3.8) is 0 Å². The van der Waals surface area contributed by atoms with Gasteiger partial charge in [0.2, 0.25) is 0 Å². The van der Waals surface area contributed by atoms with Gasteiger partial charge in [0.05, 0.1) is 4.47 Å². The van der Waals surface area contributed by atoms with E-state index in [4.69, 9.17) is 28.7 Å². The van der Waals surface area contributed by atoms with Gasteiger partial charge in [-0.2, -0.15) is 4.42 Å². The Morgan fingerprint density at radius 1 is 0.971 bits per heavy atom. The van der Waals surface area contributed by atoms with Crippen LogP contribution in [0.1, 0.15) is 10.4 Å². The number of nitrogens with one attached hydrogen (secondary N) is 1. The maximum atomic E-state index is 13.9. The van der Waals surface area contributed by atoms with Crippen LogP contribution in [0.5, 0.6) is 11.5 Å². The monoisotopic (exact) mass is 624 g/mol. The third-order valence-electron chi connectivity index (χ3n) is 4.75. The molecule has 34 heavy (non-hydrogen) atoms. The molecule has 0 aromatic heterocycles. The van der Waals surface area contributed by atoms with Crippen LogP contribution in [0, 0.1) is 11.6 Å². The first-order valence-electron chi connectivity index (χ1n) is 9.65. The number of ether oxygens (including phenoxy) is 1. The molecule has 4 aromatic carbocycles. The van der Waals surface area contributed by atoms with E-state index in [1.807, 2.05) is 30.3 Å². The quantitative estimate of drug-likeness (QED) is 0.182. The Morgan fingerprint density at radius 3 is 2.32 bits per heavy atom. The highest BCUT2D eigenvalue weighted by atomic mass is 79.9. The largest absolute Gasteiger partial charge is 0.456 e. The molecule has 1 N–H and O–H groups in total.